The number of aromatic amines is 1. The molecule has 0 aromatic carbocycles. The Bertz CT molecular complexity index is 433. The average molecular weight is 161 g/mol. The van der Waals surface area contributed by atoms with Crippen molar-refractivity contribution in [2.75, 3.05) is 0 Å². The number of fused-ring (bicyclic) bond motifs is 1. The molecule has 0 fully saturated rings. The van der Waals surface area contributed by atoms with Crippen LogP contribution in [-0.4, -0.2) is 21.5 Å². The summed E-state index contributed by atoms with van der Waals surface area (Å²) >= 11 is 0. The van der Waals surface area contributed by atoms with E-state index in [1.807, 2.05) is 6.92 Å². The lowest BCUT2D eigenvalue weighted by Crippen LogP contribution is -1.86. The molecule has 12 heavy (non-hydrogen) atoms. The Kier molecular flexibility index (Phi) is 1.40. The number of nitrogens with one attached hydrogen (secondary N) is 1. The largest absolute Gasteiger partial charge is 0.296 e. The lowest BCUT2D eigenvalue weighted by molar-refractivity contribution is 0.111. The van der Waals surface area contributed by atoms with E-state index in [9.17, 15) is 4.79 Å². The van der Waals surface area contributed by atoms with Gasteiger partial charge < -0.3 is 0 Å². The Morgan fingerprint density at radius 2 is 2.33 bits per heavy atom. The first-order chi connectivity index (χ1) is 5.81. The maximum Gasteiger partial charge on any atom is 0.168 e. The van der Waals surface area contributed by atoms with Crippen LogP contribution in [0.25, 0.3) is 11.0 Å². The van der Waals surface area contributed by atoms with Crippen molar-refractivity contribution >= 4 is 17.3 Å². The van der Waals surface area contributed by atoms with Crippen molar-refractivity contribution in [3.63, 3.8) is 0 Å². The van der Waals surface area contributed by atoms with Crippen molar-refractivity contribution in [2.45, 2.75) is 6.92 Å². The molecule has 2 aromatic heterocycles. The van der Waals surface area contributed by atoms with Crippen molar-refractivity contribution in [3.05, 3.63) is 23.5 Å². The van der Waals surface area contributed by atoms with Gasteiger partial charge in [0.2, 0.25) is 0 Å². The van der Waals surface area contributed by atoms with Crippen molar-refractivity contribution < 1.29 is 4.79 Å². The number of hydrogen-bond acceptors (Lipinski definition) is 3. The van der Waals surface area contributed by atoms with Gasteiger partial charge in [-0.15, -0.1) is 0 Å². The van der Waals surface area contributed by atoms with Crippen LogP contribution < -0.4 is 0 Å². The number of rotatable bonds is 1. The molecule has 0 saturated carbocycles. The number of aryl methyl sites for hydroxylation is 1. The molecule has 0 amide bonds. The number of aromatic nitrogens is 3. The Balaban J connectivity index is 2.79. The monoisotopic (exact) mass is 161 g/mol. The molecule has 0 atom stereocenters. The minimum absolute atomic E-state index is 0.437. The third kappa shape index (κ3) is 0.887. The van der Waals surface area contributed by atoms with Gasteiger partial charge in [0.15, 0.2) is 6.29 Å². The highest BCUT2D eigenvalue weighted by atomic mass is 16.1. The average Bonchev–Trinajstić information content (AvgIpc) is 2.47. The van der Waals surface area contributed by atoms with E-state index in [1.54, 1.807) is 12.1 Å². The zero-order chi connectivity index (χ0) is 8.55. The fraction of sp³-hybridized carbons (Fsp3) is 0.125. The third-order valence-corrected chi connectivity index (χ3v) is 1.72. The topological polar surface area (TPSA) is 58.6 Å². The molecule has 4 heteroatoms. The van der Waals surface area contributed by atoms with Crippen molar-refractivity contribution in [2.24, 2.45) is 0 Å². The highest BCUT2D eigenvalue weighted by Crippen LogP contribution is 2.11. The second kappa shape index (κ2) is 2.41. The van der Waals surface area contributed by atoms with Gasteiger partial charge in [-0.2, -0.15) is 5.10 Å². The number of aldehydes is 1. The molecule has 0 aliphatic carbocycles. The number of carbonyl (C=O) groups is 1. The first-order valence-electron chi connectivity index (χ1n) is 3.58. The number of hydrogen-bond donors (Lipinski definition) is 1. The quantitative estimate of drug-likeness (QED) is 0.636. The van der Waals surface area contributed by atoms with Gasteiger partial charge in [0, 0.05) is 0 Å². The first kappa shape index (κ1) is 6.97. The molecule has 0 spiro atoms. The van der Waals surface area contributed by atoms with Crippen LogP contribution in [0.2, 0.25) is 0 Å². The molecule has 0 aliphatic rings. The summed E-state index contributed by atoms with van der Waals surface area (Å²) in [4.78, 5) is 14.5. The second-order valence-corrected chi connectivity index (χ2v) is 2.57. The van der Waals surface area contributed by atoms with E-state index in [1.165, 1.54) is 0 Å². The highest BCUT2D eigenvalue weighted by Gasteiger charge is 2.02. The maximum absolute atomic E-state index is 10.4. The minimum Gasteiger partial charge on any atom is -0.296 e. The van der Waals surface area contributed by atoms with E-state index in [-0.39, 0.29) is 0 Å². The normalized spacial score (nSPS) is 10.4. The van der Waals surface area contributed by atoms with Gasteiger partial charge in [-0.05, 0) is 19.1 Å². The number of carbonyl (C=O) groups excluding carboxylic acids is 1. The molecule has 4 nitrogen and oxygen atoms in total. The van der Waals surface area contributed by atoms with E-state index >= 15 is 0 Å². The summed E-state index contributed by atoms with van der Waals surface area (Å²) in [6.45, 7) is 1.87. The van der Waals surface area contributed by atoms with Gasteiger partial charge in [0.1, 0.15) is 16.7 Å². The van der Waals surface area contributed by atoms with Crippen LogP contribution >= 0.6 is 0 Å². The summed E-state index contributed by atoms with van der Waals surface area (Å²) in [6, 6.07) is 3.42. The molecular formula is C8H7N3O. The maximum atomic E-state index is 10.4. The van der Waals surface area contributed by atoms with Crippen LogP contribution in [0.15, 0.2) is 12.1 Å². The van der Waals surface area contributed by atoms with Crippen LogP contribution in [0.5, 0.6) is 0 Å². The van der Waals surface area contributed by atoms with Crippen molar-refractivity contribution in [1.29, 1.82) is 0 Å². The summed E-state index contributed by atoms with van der Waals surface area (Å²) in [5, 5.41) is 6.79. The van der Waals surface area contributed by atoms with Crippen molar-refractivity contribution in [1.82, 2.24) is 15.2 Å². The number of nitrogens with zero attached hydrogens (tertiary/aromatic N) is 2. The smallest absolute Gasteiger partial charge is 0.168 e. The van der Waals surface area contributed by atoms with Crippen LogP contribution in [0.3, 0.4) is 0 Å². The van der Waals surface area contributed by atoms with E-state index in [2.05, 4.69) is 15.2 Å². The molecule has 2 aromatic rings. The van der Waals surface area contributed by atoms with Gasteiger partial charge in [-0.1, -0.05) is 0 Å². The first-order valence-corrected chi connectivity index (χ1v) is 3.58. The van der Waals surface area contributed by atoms with Gasteiger partial charge in [0.05, 0.1) is 5.69 Å². The predicted molar refractivity (Wildman–Crippen MR) is 44.0 cm³/mol. The zero-order valence-electron chi connectivity index (χ0n) is 6.53. The van der Waals surface area contributed by atoms with Crippen LogP contribution in [0.1, 0.15) is 16.2 Å². The summed E-state index contributed by atoms with van der Waals surface area (Å²) in [5.74, 6) is 0. The Hall–Kier alpha value is -1.71. The van der Waals surface area contributed by atoms with Crippen LogP contribution in [0.4, 0.5) is 0 Å². The van der Waals surface area contributed by atoms with E-state index in [0.717, 1.165) is 23.0 Å². The lowest BCUT2D eigenvalue weighted by Gasteiger charge is -1.89. The van der Waals surface area contributed by atoms with Crippen molar-refractivity contribution in [3.8, 4) is 0 Å². The lowest BCUT2D eigenvalue weighted by atomic mass is 10.3. The van der Waals surface area contributed by atoms with Gasteiger partial charge in [0.25, 0.3) is 0 Å². The minimum atomic E-state index is 0.437. The highest BCUT2D eigenvalue weighted by molar-refractivity contribution is 5.82. The van der Waals surface area contributed by atoms with Crippen LogP contribution in [0, 0.1) is 6.92 Å². The standard InChI is InChI=1S/C8H7N3O/c1-5-8-7(11-10-5)3-2-6(4-12)9-8/h2-4H,1H3,(H,10,11). The molecule has 0 unspecified atom stereocenters. The third-order valence-electron chi connectivity index (χ3n) is 1.72. The molecule has 2 rings (SSSR count). The van der Waals surface area contributed by atoms with E-state index in [0.29, 0.717) is 5.69 Å². The molecule has 1 N–H and O–H groups in total. The van der Waals surface area contributed by atoms with Gasteiger partial charge in [-0.25, -0.2) is 4.98 Å². The van der Waals surface area contributed by atoms with E-state index in [4.69, 9.17) is 0 Å². The molecule has 0 radical (unpaired) electrons. The number of pyridine rings is 1. The van der Waals surface area contributed by atoms with Gasteiger partial charge >= 0.3 is 0 Å². The van der Waals surface area contributed by atoms with Crippen LogP contribution in [-0.2, 0) is 0 Å². The molecule has 2 heterocycles. The summed E-state index contributed by atoms with van der Waals surface area (Å²) in [5.41, 5.74) is 2.87. The summed E-state index contributed by atoms with van der Waals surface area (Å²) in [6.07, 6.45) is 0.728. The Morgan fingerprint density at radius 3 is 3.08 bits per heavy atom. The van der Waals surface area contributed by atoms with Gasteiger partial charge in [-0.3, -0.25) is 9.89 Å². The zero-order valence-corrected chi connectivity index (χ0v) is 6.53. The molecule has 0 aliphatic heterocycles. The second-order valence-electron chi connectivity index (χ2n) is 2.57. The number of H-pyrrole nitrogens is 1. The molecule has 0 saturated heterocycles. The Labute approximate surface area is 68.6 Å². The SMILES string of the molecule is Cc1[nH]nc2ccc(C=O)nc12. The predicted octanol–water partition coefficient (Wildman–Crippen LogP) is 1.08. The summed E-state index contributed by atoms with van der Waals surface area (Å²) < 4.78 is 0. The molecular weight excluding hydrogens is 154 g/mol. The summed E-state index contributed by atoms with van der Waals surface area (Å²) in [7, 11) is 0. The molecule has 60 valence electrons. The fourth-order valence-corrected chi connectivity index (χ4v) is 1.10. The molecule has 0 bridgehead atoms. The Morgan fingerprint density at radius 1 is 1.50 bits per heavy atom. The fourth-order valence-electron chi connectivity index (χ4n) is 1.10. The van der Waals surface area contributed by atoms with E-state index < -0.39 is 0 Å².